The van der Waals surface area contributed by atoms with Crippen LogP contribution in [-0.4, -0.2) is 39.9 Å². The predicted molar refractivity (Wildman–Crippen MR) is 114 cm³/mol. The van der Waals surface area contributed by atoms with E-state index < -0.39 is 5.91 Å². The van der Waals surface area contributed by atoms with Gasteiger partial charge in [-0.15, -0.1) is 0 Å². The number of rotatable bonds is 6. The summed E-state index contributed by atoms with van der Waals surface area (Å²) < 4.78 is 13.2. The largest absolute Gasteiger partial charge is 0.508 e. The number of hydrogen-bond acceptors (Lipinski definition) is 6. The van der Waals surface area contributed by atoms with Crippen LogP contribution in [0.1, 0.15) is 39.9 Å². The van der Waals surface area contributed by atoms with Crippen molar-refractivity contribution >= 4 is 22.8 Å². The summed E-state index contributed by atoms with van der Waals surface area (Å²) in [5.41, 5.74) is 15.3. The molecule has 1 aliphatic carbocycles. The molecule has 0 saturated heterocycles. The molecule has 4 rings (SSSR count). The molecule has 1 saturated carbocycles. The predicted octanol–water partition coefficient (Wildman–Crippen LogP) is 2.90. The first kappa shape index (κ1) is 20.0. The van der Waals surface area contributed by atoms with Crippen LogP contribution in [0.25, 0.3) is 16.7 Å². The van der Waals surface area contributed by atoms with Crippen LogP contribution in [0, 0.1) is 20.8 Å². The second kappa shape index (κ2) is 6.91. The second-order valence-electron chi connectivity index (χ2n) is 7.99. The zero-order chi connectivity index (χ0) is 21.8. The number of benzene rings is 1. The number of anilines is 1. The van der Waals surface area contributed by atoms with Gasteiger partial charge in [-0.2, -0.15) is 4.98 Å². The monoisotopic (exact) mass is 410 g/mol. The molecule has 0 bridgehead atoms. The number of pyridine rings is 1. The average Bonchev–Trinajstić information content (AvgIpc) is 3.43. The third-order valence-corrected chi connectivity index (χ3v) is 5.91. The minimum atomic E-state index is -0.641. The van der Waals surface area contributed by atoms with Gasteiger partial charge < -0.3 is 26.0 Å². The number of aromatic hydroxyl groups is 1. The van der Waals surface area contributed by atoms with Crippen LogP contribution >= 0.6 is 0 Å². The van der Waals surface area contributed by atoms with Gasteiger partial charge in [-0.05, 0) is 51.3 Å². The zero-order valence-corrected chi connectivity index (χ0v) is 17.6. The van der Waals surface area contributed by atoms with E-state index in [0.29, 0.717) is 34.8 Å². The molecule has 2 aromatic heterocycles. The summed E-state index contributed by atoms with van der Waals surface area (Å²) in [6.45, 7) is 5.94. The zero-order valence-electron chi connectivity index (χ0n) is 17.6. The lowest BCUT2D eigenvalue weighted by atomic mass is 10.1. The van der Waals surface area contributed by atoms with Gasteiger partial charge in [0.1, 0.15) is 23.8 Å². The van der Waals surface area contributed by atoms with Gasteiger partial charge >= 0.3 is 0 Å². The van der Waals surface area contributed by atoms with Crippen molar-refractivity contribution < 1.29 is 19.4 Å². The van der Waals surface area contributed by atoms with Crippen molar-refractivity contribution in [3.05, 3.63) is 40.5 Å². The quantitative estimate of drug-likeness (QED) is 0.574. The molecule has 1 aromatic carbocycles. The van der Waals surface area contributed by atoms with Gasteiger partial charge in [-0.25, -0.2) is 0 Å². The summed E-state index contributed by atoms with van der Waals surface area (Å²) in [6.07, 6.45) is 1.89. The standard InChI is InChI=1S/C22H26N4O4/c1-11-5-6-15(27)13(3)17(11)26-18(23)16(19(24)28)14-9-12(2)21(25-20(14)26)30-10-22(29-4)7-8-22/h5-6,9,27H,7-8,10,23H2,1-4H3,(H2,24,28). The van der Waals surface area contributed by atoms with Crippen molar-refractivity contribution in [1.29, 1.82) is 0 Å². The molecule has 8 heteroatoms. The number of nitrogens with zero attached hydrogens (tertiary/aromatic N) is 2. The molecule has 0 unspecified atom stereocenters. The fraction of sp³-hybridized carbons (Fsp3) is 0.364. The Morgan fingerprint density at radius 1 is 1.27 bits per heavy atom. The summed E-state index contributed by atoms with van der Waals surface area (Å²) in [5.74, 6) is 0.0969. The van der Waals surface area contributed by atoms with Crippen molar-refractivity contribution in [2.75, 3.05) is 19.5 Å². The molecule has 1 aliphatic rings. The van der Waals surface area contributed by atoms with E-state index >= 15 is 0 Å². The molecule has 2 heterocycles. The molecule has 1 fully saturated rings. The maximum absolute atomic E-state index is 12.2. The van der Waals surface area contributed by atoms with Crippen LogP contribution in [0.15, 0.2) is 18.2 Å². The summed E-state index contributed by atoms with van der Waals surface area (Å²) in [7, 11) is 1.68. The van der Waals surface area contributed by atoms with Crippen LogP contribution in [0.5, 0.6) is 11.6 Å². The van der Waals surface area contributed by atoms with Crippen LogP contribution in [0.3, 0.4) is 0 Å². The van der Waals surface area contributed by atoms with Crippen LogP contribution in [-0.2, 0) is 4.74 Å². The van der Waals surface area contributed by atoms with E-state index in [1.165, 1.54) is 0 Å². The van der Waals surface area contributed by atoms with Crippen molar-refractivity contribution in [3.8, 4) is 17.3 Å². The highest BCUT2D eigenvalue weighted by Crippen LogP contribution is 2.40. The number of nitrogen functional groups attached to an aromatic ring is 1. The summed E-state index contributed by atoms with van der Waals surface area (Å²) >= 11 is 0. The van der Waals surface area contributed by atoms with E-state index in [4.69, 9.17) is 25.9 Å². The Balaban J connectivity index is 1.95. The van der Waals surface area contributed by atoms with E-state index in [0.717, 1.165) is 24.0 Å². The van der Waals surface area contributed by atoms with Gasteiger partial charge in [0.2, 0.25) is 5.88 Å². The van der Waals surface area contributed by atoms with E-state index in [1.807, 2.05) is 19.9 Å². The van der Waals surface area contributed by atoms with Gasteiger partial charge in [-0.3, -0.25) is 9.36 Å². The molecular formula is C22H26N4O4. The minimum Gasteiger partial charge on any atom is -0.508 e. The van der Waals surface area contributed by atoms with Crippen molar-refractivity contribution in [3.63, 3.8) is 0 Å². The SMILES string of the molecule is COC1(COc2nc3c(cc2C)c(C(N)=O)c(N)n3-c2c(C)ccc(O)c2C)CC1. The first-order valence-electron chi connectivity index (χ1n) is 9.78. The number of hydrogen-bond donors (Lipinski definition) is 3. The van der Waals surface area contributed by atoms with Crippen LogP contribution < -0.4 is 16.2 Å². The molecule has 158 valence electrons. The van der Waals surface area contributed by atoms with Gasteiger partial charge in [-0.1, -0.05) is 6.07 Å². The second-order valence-corrected chi connectivity index (χ2v) is 7.99. The molecule has 0 spiro atoms. The van der Waals surface area contributed by atoms with Gasteiger partial charge in [0.25, 0.3) is 5.91 Å². The number of fused-ring (bicyclic) bond motifs is 1. The number of carbonyl (C=O) groups is 1. The lowest BCUT2D eigenvalue weighted by Crippen LogP contribution is -2.22. The fourth-order valence-electron chi connectivity index (χ4n) is 3.85. The third-order valence-electron chi connectivity index (χ3n) is 5.91. The molecule has 0 radical (unpaired) electrons. The number of phenolic OH excluding ortho intramolecular Hbond substituents is 1. The minimum absolute atomic E-state index is 0.122. The summed E-state index contributed by atoms with van der Waals surface area (Å²) in [5, 5.41) is 10.8. The number of nitrogens with two attached hydrogens (primary N) is 2. The number of ether oxygens (including phenoxy) is 2. The Bertz CT molecular complexity index is 1180. The van der Waals surface area contributed by atoms with Gasteiger partial charge in [0, 0.05) is 23.6 Å². The first-order chi connectivity index (χ1) is 14.2. The summed E-state index contributed by atoms with van der Waals surface area (Å²) in [6, 6.07) is 5.22. The third kappa shape index (κ3) is 3.04. The maximum atomic E-state index is 12.2. The Morgan fingerprint density at radius 3 is 2.57 bits per heavy atom. The molecule has 30 heavy (non-hydrogen) atoms. The molecule has 0 aliphatic heterocycles. The number of primary amides is 1. The molecule has 1 amide bonds. The number of amides is 1. The highest BCUT2D eigenvalue weighted by Gasteiger charge is 2.44. The lowest BCUT2D eigenvalue weighted by Gasteiger charge is -2.17. The topological polar surface area (TPSA) is 126 Å². The highest BCUT2D eigenvalue weighted by atomic mass is 16.5. The van der Waals surface area contributed by atoms with Crippen molar-refractivity contribution in [2.45, 2.75) is 39.2 Å². The molecule has 0 atom stereocenters. The van der Waals surface area contributed by atoms with Crippen molar-refractivity contribution in [2.24, 2.45) is 5.73 Å². The van der Waals surface area contributed by atoms with Gasteiger partial charge in [0.15, 0.2) is 5.65 Å². The molecule has 5 N–H and O–H groups in total. The summed E-state index contributed by atoms with van der Waals surface area (Å²) in [4.78, 5) is 16.9. The molecule has 8 nitrogen and oxygen atoms in total. The van der Waals surface area contributed by atoms with Crippen LogP contribution in [0.2, 0.25) is 0 Å². The van der Waals surface area contributed by atoms with E-state index in [9.17, 15) is 9.90 Å². The normalized spacial score (nSPS) is 14.8. The number of methoxy groups -OCH3 is 1. The number of carbonyl (C=O) groups excluding carboxylic acids is 1. The molecule has 3 aromatic rings. The number of aromatic nitrogens is 2. The maximum Gasteiger partial charge on any atom is 0.253 e. The molecular weight excluding hydrogens is 384 g/mol. The van der Waals surface area contributed by atoms with E-state index in [-0.39, 0.29) is 22.7 Å². The Kier molecular flexibility index (Phi) is 4.62. The van der Waals surface area contributed by atoms with E-state index in [1.54, 1.807) is 30.7 Å². The lowest BCUT2D eigenvalue weighted by molar-refractivity contribution is 0.0354. The number of phenols is 1. The van der Waals surface area contributed by atoms with Crippen molar-refractivity contribution in [1.82, 2.24) is 9.55 Å². The number of aryl methyl sites for hydroxylation is 2. The Labute approximate surface area is 174 Å². The Hall–Kier alpha value is -3.26. The first-order valence-corrected chi connectivity index (χ1v) is 9.78. The van der Waals surface area contributed by atoms with Gasteiger partial charge in [0.05, 0.1) is 11.3 Å². The average molecular weight is 410 g/mol. The Morgan fingerprint density at radius 2 is 1.97 bits per heavy atom. The highest BCUT2D eigenvalue weighted by molar-refractivity contribution is 6.11. The van der Waals surface area contributed by atoms with E-state index in [2.05, 4.69) is 0 Å². The smallest absolute Gasteiger partial charge is 0.253 e. The van der Waals surface area contributed by atoms with Crippen LogP contribution in [0.4, 0.5) is 5.82 Å². The fourth-order valence-corrected chi connectivity index (χ4v) is 3.85.